The number of hydrogen-bond acceptors (Lipinski definition) is 3. The highest BCUT2D eigenvalue weighted by Gasteiger charge is 2.12. The summed E-state index contributed by atoms with van der Waals surface area (Å²) in [6, 6.07) is 6.57. The smallest absolute Gasteiger partial charge is 0.255 e. The van der Waals surface area contributed by atoms with Crippen molar-refractivity contribution in [3.05, 3.63) is 57.5 Å². The molecule has 20 heavy (non-hydrogen) atoms. The van der Waals surface area contributed by atoms with E-state index in [1.807, 2.05) is 19.9 Å². The van der Waals surface area contributed by atoms with Gasteiger partial charge in [-0.05, 0) is 37.1 Å². The molecule has 0 aliphatic rings. The van der Waals surface area contributed by atoms with Crippen LogP contribution in [0.2, 0.25) is 0 Å². The number of carbonyl (C=O) groups excluding carboxylic acids is 1. The zero-order valence-electron chi connectivity index (χ0n) is 11.7. The molecule has 0 saturated carbocycles. The van der Waals surface area contributed by atoms with Gasteiger partial charge in [-0.3, -0.25) is 9.59 Å². The van der Waals surface area contributed by atoms with E-state index < -0.39 is 0 Å². The molecule has 0 spiro atoms. The quantitative estimate of drug-likeness (QED) is 0.818. The molecule has 104 valence electrons. The lowest BCUT2D eigenvalue weighted by molar-refractivity contribution is 0.102. The predicted octanol–water partition coefficient (Wildman–Crippen LogP) is 1.84. The lowest BCUT2D eigenvalue weighted by Crippen LogP contribution is -2.20. The minimum absolute atomic E-state index is 0.223. The number of amides is 1. The molecule has 0 bridgehead atoms. The molecule has 2 aromatic rings. The lowest BCUT2D eigenvalue weighted by Gasteiger charge is -2.13. The molecule has 3 N–H and O–H groups in total. The van der Waals surface area contributed by atoms with Crippen molar-refractivity contribution in [2.45, 2.75) is 13.8 Å². The van der Waals surface area contributed by atoms with Gasteiger partial charge in [0.2, 0.25) is 0 Å². The van der Waals surface area contributed by atoms with E-state index in [4.69, 9.17) is 5.73 Å². The number of nitrogen functional groups attached to an aromatic ring is 1. The highest BCUT2D eigenvalue weighted by molar-refractivity contribution is 6.05. The molecule has 0 aliphatic carbocycles. The molecule has 0 radical (unpaired) electrons. The summed E-state index contributed by atoms with van der Waals surface area (Å²) in [4.78, 5) is 23.7. The maximum atomic E-state index is 12.2. The SMILES string of the molecule is Cc1ccc(N)c(C)c1NC(=O)c1ccn(C)c(=O)c1. The Labute approximate surface area is 117 Å². The summed E-state index contributed by atoms with van der Waals surface area (Å²) in [6.45, 7) is 3.74. The third-order valence-corrected chi connectivity index (χ3v) is 3.32. The summed E-state index contributed by atoms with van der Waals surface area (Å²) in [5, 5.41) is 2.82. The fraction of sp³-hybridized carbons (Fsp3) is 0.200. The molecule has 5 heteroatoms. The van der Waals surface area contributed by atoms with Crippen molar-refractivity contribution in [3.63, 3.8) is 0 Å². The standard InChI is InChI=1S/C15H17N3O2/c1-9-4-5-12(16)10(2)14(9)17-15(20)11-6-7-18(3)13(19)8-11/h4-8H,16H2,1-3H3,(H,17,20). The molecule has 2 rings (SSSR count). The average molecular weight is 271 g/mol. The van der Waals surface area contributed by atoms with Crippen LogP contribution < -0.4 is 16.6 Å². The second-order valence-corrected chi connectivity index (χ2v) is 4.79. The van der Waals surface area contributed by atoms with E-state index in [9.17, 15) is 9.59 Å². The molecule has 0 unspecified atom stereocenters. The molecule has 0 aliphatic heterocycles. The normalized spacial score (nSPS) is 10.3. The van der Waals surface area contributed by atoms with Gasteiger partial charge in [0.25, 0.3) is 11.5 Å². The van der Waals surface area contributed by atoms with Crippen LogP contribution >= 0.6 is 0 Å². The van der Waals surface area contributed by atoms with Crippen LogP contribution in [-0.4, -0.2) is 10.5 Å². The van der Waals surface area contributed by atoms with Gasteiger partial charge in [-0.2, -0.15) is 0 Å². The number of pyridine rings is 1. The first-order valence-corrected chi connectivity index (χ1v) is 6.24. The second-order valence-electron chi connectivity index (χ2n) is 4.79. The Morgan fingerprint density at radius 1 is 1.25 bits per heavy atom. The van der Waals surface area contributed by atoms with E-state index in [0.29, 0.717) is 16.9 Å². The minimum Gasteiger partial charge on any atom is -0.398 e. The number of hydrogen-bond donors (Lipinski definition) is 2. The van der Waals surface area contributed by atoms with Crippen molar-refractivity contribution in [2.75, 3.05) is 11.1 Å². The molecule has 5 nitrogen and oxygen atoms in total. The minimum atomic E-state index is -0.320. The molecule has 1 heterocycles. The van der Waals surface area contributed by atoms with Crippen LogP contribution in [0, 0.1) is 13.8 Å². The van der Waals surface area contributed by atoms with Gasteiger partial charge in [0.05, 0.1) is 0 Å². The maximum absolute atomic E-state index is 12.2. The largest absolute Gasteiger partial charge is 0.398 e. The van der Waals surface area contributed by atoms with Gasteiger partial charge in [-0.1, -0.05) is 6.07 Å². The van der Waals surface area contributed by atoms with Crippen molar-refractivity contribution in [3.8, 4) is 0 Å². The van der Waals surface area contributed by atoms with Gasteiger partial charge in [-0.25, -0.2) is 0 Å². The Hall–Kier alpha value is -2.56. The summed E-state index contributed by atoms with van der Waals surface area (Å²) in [5.41, 5.74) is 9.00. The van der Waals surface area contributed by atoms with Crippen molar-refractivity contribution < 1.29 is 4.79 Å². The fourth-order valence-electron chi connectivity index (χ4n) is 1.93. The van der Waals surface area contributed by atoms with E-state index >= 15 is 0 Å². The van der Waals surface area contributed by atoms with E-state index in [2.05, 4.69) is 5.32 Å². The highest BCUT2D eigenvalue weighted by atomic mass is 16.2. The first-order valence-electron chi connectivity index (χ1n) is 6.24. The van der Waals surface area contributed by atoms with Gasteiger partial charge >= 0.3 is 0 Å². The first kappa shape index (κ1) is 13.9. The van der Waals surface area contributed by atoms with Crippen LogP contribution in [0.5, 0.6) is 0 Å². The third-order valence-electron chi connectivity index (χ3n) is 3.32. The number of aryl methyl sites for hydroxylation is 2. The molecule has 1 aromatic heterocycles. The van der Waals surface area contributed by atoms with E-state index in [1.165, 1.54) is 10.6 Å². The number of rotatable bonds is 2. The van der Waals surface area contributed by atoms with Crippen molar-refractivity contribution in [1.29, 1.82) is 0 Å². The first-order chi connectivity index (χ1) is 9.40. The second kappa shape index (κ2) is 5.21. The van der Waals surface area contributed by atoms with E-state index in [-0.39, 0.29) is 11.5 Å². The van der Waals surface area contributed by atoms with Crippen LogP contribution in [0.4, 0.5) is 11.4 Å². The number of nitrogens with one attached hydrogen (secondary N) is 1. The fourth-order valence-corrected chi connectivity index (χ4v) is 1.93. The third kappa shape index (κ3) is 2.56. The van der Waals surface area contributed by atoms with Crippen LogP contribution in [0.15, 0.2) is 35.3 Å². The monoisotopic (exact) mass is 271 g/mol. The number of anilines is 2. The van der Waals surface area contributed by atoms with Crippen LogP contribution in [0.25, 0.3) is 0 Å². The van der Waals surface area contributed by atoms with E-state index in [1.54, 1.807) is 25.4 Å². The van der Waals surface area contributed by atoms with Crippen LogP contribution in [-0.2, 0) is 7.05 Å². The topological polar surface area (TPSA) is 77.1 Å². The van der Waals surface area contributed by atoms with Crippen molar-refractivity contribution in [1.82, 2.24) is 4.57 Å². The lowest BCUT2D eigenvalue weighted by atomic mass is 10.1. The summed E-state index contributed by atoms with van der Waals surface area (Å²) in [7, 11) is 1.64. The molecule has 0 saturated heterocycles. The molecule has 0 fully saturated rings. The summed E-state index contributed by atoms with van der Waals surface area (Å²) < 4.78 is 1.41. The van der Waals surface area contributed by atoms with E-state index in [0.717, 1.165) is 11.1 Å². The Kier molecular flexibility index (Phi) is 3.61. The van der Waals surface area contributed by atoms with Gasteiger partial charge in [0.15, 0.2) is 0 Å². The number of benzene rings is 1. The zero-order chi connectivity index (χ0) is 14.9. The van der Waals surface area contributed by atoms with Crippen LogP contribution in [0.3, 0.4) is 0 Å². The van der Waals surface area contributed by atoms with Gasteiger partial charge in [0.1, 0.15) is 0 Å². The summed E-state index contributed by atoms with van der Waals surface area (Å²) in [5.74, 6) is -0.320. The molecule has 0 atom stereocenters. The number of nitrogens with two attached hydrogens (primary N) is 1. The zero-order valence-corrected chi connectivity index (χ0v) is 11.7. The van der Waals surface area contributed by atoms with Crippen molar-refractivity contribution in [2.24, 2.45) is 7.05 Å². The van der Waals surface area contributed by atoms with Crippen LogP contribution in [0.1, 0.15) is 21.5 Å². The van der Waals surface area contributed by atoms with Gasteiger partial charge in [0, 0.05) is 36.2 Å². The number of aromatic nitrogens is 1. The van der Waals surface area contributed by atoms with Crippen molar-refractivity contribution >= 4 is 17.3 Å². The Morgan fingerprint density at radius 2 is 1.95 bits per heavy atom. The van der Waals surface area contributed by atoms with Gasteiger partial charge < -0.3 is 15.6 Å². The van der Waals surface area contributed by atoms with Gasteiger partial charge in [-0.15, -0.1) is 0 Å². The molecule has 1 aromatic carbocycles. The average Bonchev–Trinajstić information content (AvgIpc) is 2.42. The maximum Gasteiger partial charge on any atom is 0.255 e. The molecular formula is C15H17N3O2. The summed E-state index contributed by atoms with van der Waals surface area (Å²) >= 11 is 0. The number of nitrogens with zero attached hydrogens (tertiary/aromatic N) is 1. The predicted molar refractivity (Wildman–Crippen MR) is 80.0 cm³/mol. The highest BCUT2D eigenvalue weighted by Crippen LogP contribution is 2.25. The Balaban J connectivity index is 2.35. The Morgan fingerprint density at radius 3 is 2.60 bits per heavy atom. The summed E-state index contributed by atoms with van der Waals surface area (Å²) in [6.07, 6.45) is 1.57. The molecule has 1 amide bonds. The number of carbonyl (C=O) groups is 1. The molecular weight excluding hydrogens is 254 g/mol. The Bertz CT molecular complexity index is 732.